The molecule has 8 rings (SSSR count). The van der Waals surface area contributed by atoms with Gasteiger partial charge in [-0.2, -0.15) is 0 Å². The molecule has 75 heavy (non-hydrogen) atoms. The number of fused-ring (bicyclic) bond motifs is 5. The summed E-state index contributed by atoms with van der Waals surface area (Å²) >= 11 is 0. The molecular formula is C54H92O21. The minimum Gasteiger partial charge on any atom is -0.394 e. The van der Waals surface area contributed by atoms with Crippen molar-refractivity contribution in [1.29, 1.82) is 0 Å². The number of aliphatic hydroxyl groups excluding tert-OH is 13. The molecule has 0 spiro atoms. The molecule has 0 bridgehead atoms. The molecule has 0 aromatic rings. The van der Waals surface area contributed by atoms with Crippen molar-refractivity contribution in [2.24, 2.45) is 45.3 Å². The van der Waals surface area contributed by atoms with E-state index in [-0.39, 0.29) is 34.5 Å². The van der Waals surface area contributed by atoms with Crippen molar-refractivity contribution >= 4 is 0 Å². The third kappa shape index (κ3) is 10.4. The van der Waals surface area contributed by atoms with E-state index in [9.17, 15) is 66.4 Å². The van der Waals surface area contributed by atoms with E-state index in [1.807, 2.05) is 20.8 Å². The van der Waals surface area contributed by atoms with Crippen LogP contribution in [0.2, 0.25) is 0 Å². The highest BCUT2D eigenvalue weighted by Crippen LogP contribution is 2.76. The van der Waals surface area contributed by atoms with E-state index < -0.39 is 165 Å². The van der Waals surface area contributed by atoms with Crippen LogP contribution in [0, 0.1) is 45.3 Å². The monoisotopic (exact) mass is 1080 g/mol. The van der Waals surface area contributed by atoms with Crippen molar-refractivity contribution < 1.29 is 104 Å². The molecule has 0 aromatic carbocycles. The van der Waals surface area contributed by atoms with E-state index in [0.29, 0.717) is 32.1 Å². The van der Waals surface area contributed by atoms with E-state index in [1.54, 1.807) is 0 Å². The summed E-state index contributed by atoms with van der Waals surface area (Å²) in [6.45, 7) is 19.0. The minimum atomic E-state index is -1.82. The molecule has 4 heterocycles. The Kier molecular flexibility index (Phi) is 17.9. The van der Waals surface area contributed by atoms with E-state index in [1.165, 1.54) is 13.8 Å². The fraction of sp³-hybridized carbons (Fsp3) is 0.963. The molecule has 30 unspecified atom stereocenters. The highest BCUT2D eigenvalue weighted by Gasteiger charge is 2.72. The standard InChI is InChI=1S/C54H92O21/c1-23(2)12-11-16-54(10,75-49-45(74-47-42(66)39(63)35(59)25(4)69-47)44(37(61)29(22-56)71-49)73-46-41(65)38(62)34(58)24(3)68-46)26-13-18-53(9)33(26)27(57)20-31-51(7)17-15-32(50(5,6)30(51)14-19-52(31,53)8)72-48-43(67)40(64)36(60)28(21-55)70-48/h12,24-49,55-67H,11,13-22H2,1-10H3. The van der Waals surface area contributed by atoms with Crippen LogP contribution >= 0.6 is 0 Å². The fourth-order valence-corrected chi connectivity index (χ4v) is 16.2. The summed E-state index contributed by atoms with van der Waals surface area (Å²) in [6, 6.07) is 0. The topological polar surface area (TPSA) is 337 Å². The molecule has 21 heteroatoms. The molecule has 4 aliphatic heterocycles. The van der Waals surface area contributed by atoms with E-state index in [2.05, 4.69) is 40.7 Å². The van der Waals surface area contributed by atoms with Gasteiger partial charge in [0.05, 0.1) is 43.2 Å². The summed E-state index contributed by atoms with van der Waals surface area (Å²) in [4.78, 5) is 0. The Morgan fingerprint density at radius 3 is 1.63 bits per heavy atom. The second-order valence-corrected chi connectivity index (χ2v) is 25.7. The highest BCUT2D eigenvalue weighted by molar-refractivity contribution is 5.21. The van der Waals surface area contributed by atoms with Gasteiger partial charge in [0.2, 0.25) is 0 Å². The van der Waals surface area contributed by atoms with Gasteiger partial charge in [0.1, 0.15) is 85.5 Å². The first-order valence-electron chi connectivity index (χ1n) is 27.6. The lowest BCUT2D eigenvalue weighted by atomic mass is 9.35. The zero-order valence-corrected chi connectivity index (χ0v) is 45.4. The van der Waals surface area contributed by atoms with Crippen molar-refractivity contribution in [2.75, 3.05) is 13.2 Å². The lowest BCUT2D eigenvalue weighted by Gasteiger charge is -2.71. The predicted octanol–water partition coefficient (Wildman–Crippen LogP) is -0.147. The van der Waals surface area contributed by atoms with Gasteiger partial charge in [-0.05, 0) is 138 Å². The van der Waals surface area contributed by atoms with Gasteiger partial charge in [-0.25, -0.2) is 0 Å². The molecule has 0 amide bonds. The minimum absolute atomic E-state index is 0.0751. The number of aliphatic hydroxyl groups is 13. The smallest absolute Gasteiger partial charge is 0.187 e. The number of allylic oxidation sites excluding steroid dienone is 2. The van der Waals surface area contributed by atoms with E-state index >= 15 is 0 Å². The van der Waals surface area contributed by atoms with Gasteiger partial charge in [0.25, 0.3) is 0 Å². The van der Waals surface area contributed by atoms with Crippen LogP contribution in [-0.2, 0) is 37.9 Å². The zero-order chi connectivity index (χ0) is 55.2. The lowest BCUT2D eigenvalue weighted by Crippen LogP contribution is -2.68. The molecule has 4 saturated heterocycles. The molecule has 0 radical (unpaired) electrons. The predicted molar refractivity (Wildman–Crippen MR) is 263 cm³/mol. The summed E-state index contributed by atoms with van der Waals surface area (Å²) in [5.41, 5.74) is -1.49. The second kappa shape index (κ2) is 22.3. The summed E-state index contributed by atoms with van der Waals surface area (Å²) in [7, 11) is 0. The summed E-state index contributed by atoms with van der Waals surface area (Å²) in [6.07, 6.45) is -23.4. The van der Waals surface area contributed by atoms with Gasteiger partial charge in [0.15, 0.2) is 25.2 Å². The van der Waals surface area contributed by atoms with Gasteiger partial charge in [-0.3, -0.25) is 0 Å². The highest BCUT2D eigenvalue weighted by atomic mass is 16.8. The van der Waals surface area contributed by atoms with Crippen LogP contribution in [0.3, 0.4) is 0 Å². The molecular weight excluding hydrogens is 985 g/mol. The summed E-state index contributed by atoms with van der Waals surface area (Å²) in [5, 5.41) is 143. The van der Waals surface area contributed by atoms with Crippen molar-refractivity contribution in [3.63, 3.8) is 0 Å². The first-order chi connectivity index (χ1) is 35.0. The normalized spacial score (nSPS) is 53.7. The maximum atomic E-state index is 13.0. The molecule has 13 N–H and O–H groups in total. The molecule has 4 saturated carbocycles. The Bertz CT molecular complexity index is 1960. The Labute approximate surface area is 441 Å². The van der Waals surface area contributed by atoms with Crippen molar-refractivity contribution in [2.45, 2.75) is 268 Å². The average Bonchev–Trinajstić information content (AvgIpc) is 3.74. The quantitative estimate of drug-likeness (QED) is 0.0795. The van der Waals surface area contributed by atoms with Crippen LogP contribution in [0.25, 0.3) is 0 Å². The number of hydrogen-bond donors (Lipinski definition) is 13. The Hall–Kier alpha value is -1.10. The van der Waals surface area contributed by atoms with Gasteiger partial charge >= 0.3 is 0 Å². The SMILES string of the molecule is CC(C)=CCCC(C)(OC1OC(CO)C(O)C(OC2OC(C)C(O)C(O)C2O)C1OC1OC(C)C(O)C(O)C1O)C1CCC2(C)C1C(O)CC1C3(C)CCC(OC4OC(CO)C(O)C(O)C4O)C(C)(C)C3CCC12C. The molecule has 434 valence electrons. The van der Waals surface area contributed by atoms with E-state index in [4.69, 9.17) is 37.9 Å². The fourth-order valence-electron chi connectivity index (χ4n) is 16.2. The Morgan fingerprint density at radius 1 is 0.560 bits per heavy atom. The largest absolute Gasteiger partial charge is 0.394 e. The number of rotatable bonds is 14. The maximum Gasteiger partial charge on any atom is 0.187 e. The number of ether oxygens (including phenoxy) is 8. The third-order valence-electron chi connectivity index (χ3n) is 20.8. The van der Waals surface area contributed by atoms with Gasteiger partial charge in [-0.1, -0.05) is 46.3 Å². The van der Waals surface area contributed by atoms with Gasteiger partial charge in [0, 0.05) is 0 Å². The lowest BCUT2D eigenvalue weighted by molar-refractivity contribution is -0.400. The van der Waals surface area contributed by atoms with Crippen LogP contribution in [0.1, 0.15) is 127 Å². The molecule has 21 nitrogen and oxygen atoms in total. The first-order valence-corrected chi connectivity index (χ1v) is 27.6. The Balaban J connectivity index is 1.11. The average molecular weight is 1080 g/mol. The molecule has 0 aromatic heterocycles. The van der Waals surface area contributed by atoms with Crippen LogP contribution in [0.15, 0.2) is 11.6 Å². The number of hydrogen-bond acceptors (Lipinski definition) is 21. The van der Waals surface area contributed by atoms with Gasteiger partial charge < -0.3 is 104 Å². The van der Waals surface area contributed by atoms with Crippen LogP contribution in [0.4, 0.5) is 0 Å². The van der Waals surface area contributed by atoms with Crippen molar-refractivity contribution in [1.82, 2.24) is 0 Å². The third-order valence-corrected chi connectivity index (χ3v) is 20.8. The van der Waals surface area contributed by atoms with Gasteiger partial charge in [-0.15, -0.1) is 0 Å². The first kappa shape index (κ1) is 60.0. The van der Waals surface area contributed by atoms with E-state index in [0.717, 1.165) is 31.3 Å². The van der Waals surface area contributed by atoms with Crippen LogP contribution in [-0.4, -0.2) is 220 Å². The van der Waals surface area contributed by atoms with Crippen LogP contribution < -0.4 is 0 Å². The summed E-state index contributed by atoms with van der Waals surface area (Å²) < 4.78 is 50.7. The molecule has 8 aliphatic rings. The van der Waals surface area contributed by atoms with Crippen molar-refractivity contribution in [3.8, 4) is 0 Å². The molecule has 4 aliphatic carbocycles. The second-order valence-electron chi connectivity index (χ2n) is 25.7. The molecule has 8 fully saturated rings. The van der Waals surface area contributed by atoms with Crippen LogP contribution in [0.5, 0.6) is 0 Å². The summed E-state index contributed by atoms with van der Waals surface area (Å²) in [5.74, 6) is -0.422. The Morgan fingerprint density at radius 2 is 1.07 bits per heavy atom. The molecule has 30 atom stereocenters. The zero-order valence-electron chi connectivity index (χ0n) is 45.4. The van der Waals surface area contributed by atoms with Crippen molar-refractivity contribution in [3.05, 3.63) is 11.6 Å². The maximum absolute atomic E-state index is 13.0.